The standard InChI is InChI=1S/C22H24FN5O/c1-27(2)20(29)14-15-5-11-18(12-6-15)24-22-25-21-19(4-3-13-28(21)26-22)16-7-9-17(23)10-8-16/h5-12,19H,3-4,13-14H2,1-2H3,(H,24,26). The fraction of sp³-hybridized carbons (Fsp3) is 0.318. The maximum Gasteiger partial charge on any atom is 0.246 e. The maximum atomic E-state index is 13.3. The van der Waals surface area contributed by atoms with Crippen LogP contribution in [0.25, 0.3) is 0 Å². The highest BCUT2D eigenvalue weighted by molar-refractivity contribution is 5.78. The summed E-state index contributed by atoms with van der Waals surface area (Å²) in [5, 5.41) is 7.84. The maximum absolute atomic E-state index is 13.3. The summed E-state index contributed by atoms with van der Waals surface area (Å²) in [6.07, 6.45) is 2.36. The number of amides is 1. The van der Waals surface area contributed by atoms with Gasteiger partial charge >= 0.3 is 0 Å². The molecular formula is C22H24FN5O. The molecule has 29 heavy (non-hydrogen) atoms. The van der Waals surface area contributed by atoms with Gasteiger partial charge in [-0.25, -0.2) is 9.07 Å². The molecule has 0 saturated carbocycles. The van der Waals surface area contributed by atoms with Gasteiger partial charge in [0.2, 0.25) is 11.9 Å². The minimum absolute atomic E-state index is 0.0704. The molecule has 3 aromatic rings. The number of carbonyl (C=O) groups excluding carboxylic acids is 1. The van der Waals surface area contributed by atoms with Gasteiger partial charge in [0, 0.05) is 32.2 Å². The van der Waals surface area contributed by atoms with Gasteiger partial charge in [0.1, 0.15) is 11.6 Å². The van der Waals surface area contributed by atoms with Gasteiger partial charge in [0.25, 0.3) is 0 Å². The molecule has 1 atom stereocenters. The topological polar surface area (TPSA) is 63.1 Å². The van der Waals surface area contributed by atoms with E-state index < -0.39 is 0 Å². The first-order chi connectivity index (χ1) is 14.0. The lowest BCUT2D eigenvalue weighted by atomic mass is 9.91. The lowest BCUT2D eigenvalue weighted by molar-refractivity contribution is -0.127. The molecule has 0 spiro atoms. The molecule has 0 aliphatic carbocycles. The number of benzene rings is 2. The van der Waals surface area contributed by atoms with E-state index >= 15 is 0 Å². The molecule has 4 rings (SSSR count). The summed E-state index contributed by atoms with van der Waals surface area (Å²) in [6.45, 7) is 0.827. The van der Waals surface area contributed by atoms with Crippen molar-refractivity contribution in [1.29, 1.82) is 0 Å². The summed E-state index contributed by atoms with van der Waals surface area (Å²) in [4.78, 5) is 18.1. The second-order valence-electron chi connectivity index (χ2n) is 7.55. The third-order valence-electron chi connectivity index (χ3n) is 5.21. The van der Waals surface area contributed by atoms with Crippen LogP contribution in [-0.2, 0) is 17.8 Å². The van der Waals surface area contributed by atoms with Crippen LogP contribution in [0.15, 0.2) is 48.5 Å². The Balaban J connectivity index is 1.49. The third-order valence-corrected chi connectivity index (χ3v) is 5.21. The number of fused-ring (bicyclic) bond motifs is 1. The van der Waals surface area contributed by atoms with Crippen molar-refractivity contribution in [3.05, 3.63) is 71.3 Å². The van der Waals surface area contributed by atoms with Gasteiger partial charge in [-0.2, -0.15) is 4.98 Å². The number of likely N-dealkylation sites (N-methyl/N-ethyl adjacent to an activating group) is 1. The molecule has 0 fully saturated rings. The Hall–Kier alpha value is -3.22. The average Bonchev–Trinajstić information content (AvgIpc) is 3.12. The summed E-state index contributed by atoms with van der Waals surface area (Å²) in [7, 11) is 3.51. The first-order valence-electron chi connectivity index (χ1n) is 9.76. The molecule has 1 N–H and O–H groups in total. The molecule has 1 aliphatic heterocycles. The number of anilines is 2. The molecule has 2 aromatic carbocycles. The van der Waals surface area contributed by atoms with Crippen LogP contribution < -0.4 is 5.32 Å². The predicted molar refractivity (Wildman–Crippen MR) is 110 cm³/mol. The summed E-state index contributed by atoms with van der Waals surface area (Å²) < 4.78 is 15.2. The van der Waals surface area contributed by atoms with Crippen molar-refractivity contribution < 1.29 is 9.18 Å². The zero-order valence-corrected chi connectivity index (χ0v) is 16.6. The van der Waals surface area contributed by atoms with Gasteiger partial charge in [0.05, 0.1) is 6.42 Å². The van der Waals surface area contributed by atoms with Crippen molar-refractivity contribution >= 4 is 17.5 Å². The number of rotatable bonds is 5. The molecular weight excluding hydrogens is 369 g/mol. The summed E-state index contributed by atoms with van der Waals surface area (Å²) >= 11 is 0. The molecule has 1 aromatic heterocycles. The molecule has 0 radical (unpaired) electrons. The number of hydrogen-bond acceptors (Lipinski definition) is 4. The van der Waals surface area contributed by atoms with Crippen LogP contribution in [0.2, 0.25) is 0 Å². The van der Waals surface area contributed by atoms with Crippen LogP contribution in [0.1, 0.15) is 35.7 Å². The number of carbonyl (C=O) groups is 1. The van der Waals surface area contributed by atoms with Gasteiger partial charge in [-0.15, -0.1) is 5.10 Å². The van der Waals surface area contributed by atoms with E-state index in [0.717, 1.165) is 42.0 Å². The third kappa shape index (κ3) is 4.29. The lowest BCUT2D eigenvalue weighted by Gasteiger charge is -2.22. The fourth-order valence-electron chi connectivity index (χ4n) is 3.58. The molecule has 1 unspecified atom stereocenters. The molecule has 0 saturated heterocycles. The van der Waals surface area contributed by atoms with E-state index in [2.05, 4.69) is 10.4 Å². The number of aryl methyl sites for hydroxylation is 1. The Morgan fingerprint density at radius 2 is 1.90 bits per heavy atom. The Morgan fingerprint density at radius 3 is 2.59 bits per heavy atom. The van der Waals surface area contributed by atoms with E-state index in [0.29, 0.717) is 12.4 Å². The second-order valence-corrected chi connectivity index (χ2v) is 7.55. The monoisotopic (exact) mass is 393 g/mol. The summed E-state index contributed by atoms with van der Waals surface area (Å²) in [5.74, 6) is 1.40. The molecule has 0 bridgehead atoms. The van der Waals surface area contributed by atoms with Crippen LogP contribution in [0.5, 0.6) is 0 Å². The van der Waals surface area contributed by atoms with Crippen LogP contribution >= 0.6 is 0 Å². The zero-order valence-electron chi connectivity index (χ0n) is 16.6. The number of halogens is 1. The van der Waals surface area contributed by atoms with Crippen LogP contribution in [0.4, 0.5) is 16.0 Å². The van der Waals surface area contributed by atoms with Crippen molar-refractivity contribution in [2.24, 2.45) is 0 Å². The number of aromatic nitrogens is 3. The molecule has 1 amide bonds. The highest BCUT2D eigenvalue weighted by atomic mass is 19.1. The highest BCUT2D eigenvalue weighted by Crippen LogP contribution is 2.33. The molecule has 7 heteroatoms. The first kappa shape index (κ1) is 19.1. The Kier molecular flexibility index (Phi) is 5.29. The lowest BCUT2D eigenvalue weighted by Crippen LogP contribution is -2.23. The molecule has 1 aliphatic rings. The van der Waals surface area contributed by atoms with E-state index in [1.807, 2.05) is 41.1 Å². The SMILES string of the molecule is CN(C)C(=O)Cc1ccc(Nc2nc3n(n2)CCCC3c2ccc(F)cc2)cc1. The van der Waals surface area contributed by atoms with E-state index in [1.165, 1.54) is 12.1 Å². The van der Waals surface area contributed by atoms with E-state index in [-0.39, 0.29) is 17.6 Å². The highest BCUT2D eigenvalue weighted by Gasteiger charge is 2.25. The van der Waals surface area contributed by atoms with E-state index in [9.17, 15) is 9.18 Å². The largest absolute Gasteiger partial charge is 0.349 e. The van der Waals surface area contributed by atoms with Crippen molar-refractivity contribution in [3.8, 4) is 0 Å². The number of nitrogens with zero attached hydrogens (tertiary/aromatic N) is 4. The second kappa shape index (κ2) is 8.03. The minimum atomic E-state index is -0.232. The summed E-state index contributed by atoms with van der Waals surface area (Å²) in [6, 6.07) is 14.3. The minimum Gasteiger partial charge on any atom is -0.349 e. The number of hydrogen-bond donors (Lipinski definition) is 1. The van der Waals surface area contributed by atoms with Crippen LogP contribution in [0.3, 0.4) is 0 Å². The molecule has 150 valence electrons. The molecule has 6 nitrogen and oxygen atoms in total. The average molecular weight is 393 g/mol. The number of nitrogens with one attached hydrogen (secondary N) is 1. The Bertz CT molecular complexity index is 995. The van der Waals surface area contributed by atoms with Gasteiger partial charge in [-0.1, -0.05) is 24.3 Å². The van der Waals surface area contributed by atoms with Gasteiger partial charge < -0.3 is 10.2 Å². The van der Waals surface area contributed by atoms with E-state index in [1.54, 1.807) is 19.0 Å². The van der Waals surface area contributed by atoms with E-state index in [4.69, 9.17) is 4.98 Å². The van der Waals surface area contributed by atoms with Crippen molar-refractivity contribution in [2.75, 3.05) is 19.4 Å². The smallest absolute Gasteiger partial charge is 0.246 e. The Morgan fingerprint density at radius 1 is 1.17 bits per heavy atom. The predicted octanol–water partition coefficient (Wildman–Crippen LogP) is 3.72. The van der Waals surface area contributed by atoms with Gasteiger partial charge in [0.15, 0.2) is 0 Å². The molecule has 2 heterocycles. The van der Waals surface area contributed by atoms with Gasteiger partial charge in [-0.05, 0) is 48.2 Å². The van der Waals surface area contributed by atoms with Crippen LogP contribution in [0, 0.1) is 5.82 Å². The van der Waals surface area contributed by atoms with Crippen molar-refractivity contribution in [1.82, 2.24) is 19.7 Å². The summed E-state index contributed by atoms with van der Waals surface area (Å²) in [5.41, 5.74) is 2.89. The normalized spacial score (nSPS) is 15.6. The van der Waals surface area contributed by atoms with Gasteiger partial charge in [-0.3, -0.25) is 4.79 Å². The fourth-order valence-corrected chi connectivity index (χ4v) is 3.58. The van der Waals surface area contributed by atoms with Crippen molar-refractivity contribution in [2.45, 2.75) is 31.7 Å². The zero-order chi connectivity index (χ0) is 20.4. The first-order valence-corrected chi connectivity index (χ1v) is 9.76. The quantitative estimate of drug-likeness (QED) is 0.718. The van der Waals surface area contributed by atoms with Crippen LogP contribution in [-0.4, -0.2) is 39.7 Å². The van der Waals surface area contributed by atoms with Crippen molar-refractivity contribution in [3.63, 3.8) is 0 Å². The Labute approximate surface area is 169 Å².